The molecule has 80 valence electrons. The van der Waals surface area contributed by atoms with Gasteiger partial charge in [-0.15, -0.1) is 0 Å². The zero-order valence-electron chi connectivity index (χ0n) is 9.13. The molecule has 0 heterocycles. The van der Waals surface area contributed by atoms with E-state index in [0.717, 1.165) is 0 Å². The van der Waals surface area contributed by atoms with Crippen molar-refractivity contribution < 1.29 is 17.3 Å². The summed E-state index contributed by atoms with van der Waals surface area (Å²) in [5.74, 6) is 0. The number of hydrogen-bond acceptors (Lipinski definition) is 4. The number of hydrogen-bond donors (Lipinski definition) is 0. The van der Waals surface area contributed by atoms with E-state index in [4.69, 9.17) is 12.8 Å². The summed E-state index contributed by atoms with van der Waals surface area (Å²) in [5.41, 5.74) is 0. The van der Waals surface area contributed by atoms with Crippen LogP contribution in [0.15, 0.2) is 0 Å². The molecule has 0 rings (SSSR count). The first-order chi connectivity index (χ1) is 5.68. The van der Waals surface area contributed by atoms with Crippen molar-refractivity contribution >= 4 is 25.1 Å². The van der Waals surface area contributed by atoms with E-state index in [-0.39, 0.29) is 0 Å². The molecule has 13 heavy (non-hydrogen) atoms. The van der Waals surface area contributed by atoms with Crippen molar-refractivity contribution in [2.45, 2.75) is 26.2 Å². The summed E-state index contributed by atoms with van der Waals surface area (Å²) in [6.45, 7) is 9.22. The Morgan fingerprint density at radius 3 is 1.85 bits per heavy atom. The predicted molar refractivity (Wildman–Crippen MR) is 59.1 cm³/mol. The summed E-state index contributed by atoms with van der Waals surface area (Å²) >= 11 is 0. The lowest BCUT2D eigenvalue weighted by Crippen LogP contribution is -2.46. The molecule has 0 aromatic heterocycles. The molecule has 0 saturated carbocycles. The molecule has 0 bridgehead atoms. The fraction of sp³-hybridized carbons (Fsp3) is 1.00. The van der Waals surface area contributed by atoms with Crippen molar-refractivity contribution in [1.82, 2.24) is 0 Å². The third-order valence-corrected chi connectivity index (χ3v) is 9.40. The first-order valence-electron chi connectivity index (χ1n) is 4.13. The first kappa shape index (κ1) is 13.5. The van der Waals surface area contributed by atoms with Crippen molar-refractivity contribution in [2.24, 2.45) is 0 Å². The smallest absolute Gasteiger partial charge is 0.328 e. The van der Waals surface area contributed by atoms with Crippen LogP contribution in [0.3, 0.4) is 0 Å². The average Bonchev–Trinajstić information content (AvgIpc) is 1.81. The van der Waals surface area contributed by atoms with Gasteiger partial charge in [0.2, 0.25) is 0 Å². The second kappa shape index (κ2) is 4.86. The highest BCUT2D eigenvalue weighted by Crippen LogP contribution is 2.26. The molecule has 0 aromatic rings. The molecule has 0 saturated heterocycles. The molecule has 1 atom stereocenters. The van der Waals surface area contributed by atoms with E-state index in [2.05, 4.69) is 0 Å². The Balaban J connectivity index is 4.24. The summed E-state index contributed by atoms with van der Waals surface area (Å²) in [7, 11) is -4.61. The summed E-state index contributed by atoms with van der Waals surface area (Å²) in [6, 6.07) is 0. The minimum Gasteiger partial charge on any atom is -0.415 e. The van der Waals surface area contributed by atoms with Crippen LogP contribution in [0.5, 0.6) is 0 Å². The van der Waals surface area contributed by atoms with E-state index in [9.17, 15) is 4.57 Å². The highest BCUT2D eigenvalue weighted by molar-refractivity contribution is 7.40. The molecular weight excluding hydrogens is 223 g/mol. The Labute approximate surface area is 83.0 Å². The van der Waals surface area contributed by atoms with Crippen molar-refractivity contribution in [3.63, 3.8) is 0 Å². The second-order valence-electron chi connectivity index (χ2n) is 3.70. The quantitative estimate of drug-likeness (QED) is 0.547. The van der Waals surface area contributed by atoms with Gasteiger partial charge in [0, 0.05) is 13.8 Å². The molecule has 0 aromatic carbocycles. The Bertz CT molecular complexity index is 195. The summed E-state index contributed by atoms with van der Waals surface area (Å²) in [5, 5.41) is 0. The van der Waals surface area contributed by atoms with Gasteiger partial charge < -0.3 is 12.8 Å². The van der Waals surface area contributed by atoms with Crippen LogP contribution in [0.1, 0.15) is 0 Å². The van der Waals surface area contributed by atoms with E-state index in [1.807, 2.05) is 26.2 Å². The van der Waals surface area contributed by atoms with Crippen LogP contribution in [0.4, 0.5) is 0 Å². The zero-order valence-corrected chi connectivity index (χ0v) is 12.1. The van der Waals surface area contributed by atoms with Crippen LogP contribution in [0, 0.1) is 0 Å². The van der Waals surface area contributed by atoms with Gasteiger partial charge in [0.15, 0.2) is 8.03 Å². The van der Waals surface area contributed by atoms with Crippen molar-refractivity contribution in [3.8, 4) is 0 Å². The zero-order chi connectivity index (χ0) is 10.7. The molecule has 4 nitrogen and oxygen atoms in total. The van der Waals surface area contributed by atoms with Gasteiger partial charge in [0.05, 0.1) is 0 Å². The minimum absolute atomic E-state index is 1.57. The lowest BCUT2D eigenvalue weighted by atomic mass is 11.8. The molecule has 0 radical (unpaired) electrons. The van der Waals surface area contributed by atoms with Gasteiger partial charge in [0.25, 0.3) is 0 Å². The Hall–Kier alpha value is 0.544. The van der Waals surface area contributed by atoms with E-state index in [1.54, 1.807) is 13.8 Å². The average molecular weight is 242 g/mol. The molecular formula is C6H19O4PSi2. The summed E-state index contributed by atoms with van der Waals surface area (Å²) < 4.78 is 27.2. The second-order valence-corrected chi connectivity index (χ2v) is 12.3. The van der Waals surface area contributed by atoms with Crippen LogP contribution >= 0.6 is 8.03 Å². The topological polar surface area (TPSA) is 44.8 Å². The SMILES string of the molecule is CO[Si](C)(C)O[Si](C)(C)O[PH](C)=O. The van der Waals surface area contributed by atoms with Crippen LogP contribution in [0.2, 0.25) is 26.2 Å². The Kier molecular flexibility index (Phi) is 5.06. The normalized spacial score (nSPS) is 15.8. The van der Waals surface area contributed by atoms with Crippen LogP contribution in [0.25, 0.3) is 0 Å². The monoisotopic (exact) mass is 242 g/mol. The molecule has 0 aliphatic rings. The van der Waals surface area contributed by atoms with Gasteiger partial charge in [-0.1, -0.05) is 0 Å². The van der Waals surface area contributed by atoms with E-state index >= 15 is 0 Å². The van der Waals surface area contributed by atoms with Crippen LogP contribution in [-0.4, -0.2) is 30.9 Å². The molecule has 0 fully saturated rings. The largest absolute Gasteiger partial charge is 0.415 e. The van der Waals surface area contributed by atoms with Crippen molar-refractivity contribution in [3.05, 3.63) is 0 Å². The fourth-order valence-electron chi connectivity index (χ4n) is 1.00. The molecule has 1 unspecified atom stereocenters. The molecule has 0 N–H and O–H groups in total. The van der Waals surface area contributed by atoms with Gasteiger partial charge >= 0.3 is 17.1 Å². The van der Waals surface area contributed by atoms with E-state index in [1.165, 1.54) is 0 Å². The van der Waals surface area contributed by atoms with Gasteiger partial charge in [0.1, 0.15) is 0 Å². The van der Waals surface area contributed by atoms with E-state index < -0.39 is 25.1 Å². The lowest BCUT2D eigenvalue weighted by molar-refractivity contribution is 0.284. The van der Waals surface area contributed by atoms with Gasteiger partial charge in [-0.3, -0.25) is 4.57 Å². The standard InChI is InChI=1S/C6H19O4PSi2/c1-8-12(3,4)10-13(5,6)9-11(2)7/h11H,1-6H3. The van der Waals surface area contributed by atoms with Crippen LogP contribution < -0.4 is 0 Å². The minimum atomic E-state index is -2.25. The Morgan fingerprint density at radius 1 is 1.08 bits per heavy atom. The highest BCUT2D eigenvalue weighted by atomic mass is 31.1. The highest BCUT2D eigenvalue weighted by Gasteiger charge is 2.36. The molecule has 0 amide bonds. The maximum atomic E-state index is 10.9. The van der Waals surface area contributed by atoms with Gasteiger partial charge in [-0.25, -0.2) is 0 Å². The number of rotatable bonds is 5. The fourth-order valence-corrected chi connectivity index (χ4v) is 9.38. The third kappa shape index (κ3) is 6.59. The third-order valence-electron chi connectivity index (χ3n) is 1.37. The maximum Gasteiger partial charge on any atom is 0.328 e. The molecule has 7 heteroatoms. The van der Waals surface area contributed by atoms with Crippen molar-refractivity contribution in [2.75, 3.05) is 13.8 Å². The molecule has 0 aliphatic heterocycles. The maximum absolute atomic E-state index is 10.9. The van der Waals surface area contributed by atoms with E-state index in [0.29, 0.717) is 0 Å². The van der Waals surface area contributed by atoms with Crippen LogP contribution in [-0.2, 0) is 17.3 Å². The van der Waals surface area contributed by atoms with Gasteiger partial charge in [-0.2, -0.15) is 0 Å². The predicted octanol–water partition coefficient (Wildman–Crippen LogP) is 2.17. The van der Waals surface area contributed by atoms with Gasteiger partial charge in [-0.05, 0) is 26.2 Å². The van der Waals surface area contributed by atoms with Crippen molar-refractivity contribution in [1.29, 1.82) is 0 Å². The lowest BCUT2D eigenvalue weighted by Gasteiger charge is -2.30. The molecule has 0 aliphatic carbocycles. The Morgan fingerprint density at radius 2 is 1.54 bits per heavy atom. The summed E-state index contributed by atoms with van der Waals surface area (Å²) in [4.78, 5) is 0. The summed E-state index contributed by atoms with van der Waals surface area (Å²) in [6.07, 6.45) is 0. The molecule has 0 spiro atoms. The first-order valence-corrected chi connectivity index (χ1v) is 11.6.